The van der Waals surface area contributed by atoms with Gasteiger partial charge in [-0.15, -0.1) is 12.4 Å². The first-order chi connectivity index (χ1) is 7.75. The van der Waals surface area contributed by atoms with E-state index in [0.29, 0.717) is 6.54 Å². The Morgan fingerprint density at radius 1 is 1.47 bits per heavy atom. The Labute approximate surface area is 106 Å². The molecule has 1 aliphatic rings. The van der Waals surface area contributed by atoms with Gasteiger partial charge in [-0.25, -0.2) is 4.39 Å². The molecular formula is C12H15ClFNO2. The quantitative estimate of drug-likeness (QED) is 0.653. The number of halogens is 2. The van der Waals surface area contributed by atoms with Gasteiger partial charge >= 0.3 is 5.97 Å². The van der Waals surface area contributed by atoms with Crippen LogP contribution in [0.4, 0.5) is 4.39 Å². The minimum Gasteiger partial charge on any atom is -0.426 e. The minimum absolute atomic E-state index is 0. The molecule has 0 aromatic heterocycles. The number of carbonyl (C=O) groups is 1. The SMILES string of the molecule is Cl.O=C(Oc1cccc(F)c1)C1CCCNC1. The molecule has 94 valence electrons. The van der Waals surface area contributed by atoms with Crippen LogP contribution in [0.1, 0.15) is 12.8 Å². The van der Waals surface area contributed by atoms with Crippen LogP contribution in [-0.4, -0.2) is 19.1 Å². The summed E-state index contributed by atoms with van der Waals surface area (Å²) in [7, 11) is 0. The van der Waals surface area contributed by atoms with E-state index in [1.165, 1.54) is 18.2 Å². The maximum atomic E-state index is 12.9. The lowest BCUT2D eigenvalue weighted by atomic mass is 10.0. The van der Waals surface area contributed by atoms with E-state index in [0.717, 1.165) is 19.4 Å². The number of benzene rings is 1. The topological polar surface area (TPSA) is 38.3 Å². The van der Waals surface area contributed by atoms with Gasteiger partial charge in [-0.05, 0) is 31.5 Å². The van der Waals surface area contributed by atoms with E-state index in [-0.39, 0.29) is 30.0 Å². The third kappa shape index (κ3) is 3.98. The van der Waals surface area contributed by atoms with Crippen molar-refractivity contribution in [3.63, 3.8) is 0 Å². The van der Waals surface area contributed by atoms with Crippen molar-refractivity contribution in [2.24, 2.45) is 5.92 Å². The number of ether oxygens (including phenoxy) is 1. The van der Waals surface area contributed by atoms with Crippen LogP contribution in [-0.2, 0) is 4.79 Å². The zero-order valence-electron chi connectivity index (χ0n) is 9.32. The van der Waals surface area contributed by atoms with E-state index >= 15 is 0 Å². The highest BCUT2D eigenvalue weighted by atomic mass is 35.5. The molecule has 1 aromatic rings. The molecule has 0 saturated carbocycles. The molecule has 1 N–H and O–H groups in total. The molecular weight excluding hydrogens is 245 g/mol. The van der Waals surface area contributed by atoms with Crippen molar-refractivity contribution in [2.75, 3.05) is 13.1 Å². The Hall–Kier alpha value is -1.13. The maximum absolute atomic E-state index is 12.9. The van der Waals surface area contributed by atoms with Gasteiger partial charge < -0.3 is 10.1 Å². The fraction of sp³-hybridized carbons (Fsp3) is 0.417. The van der Waals surface area contributed by atoms with E-state index in [2.05, 4.69) is 5.32 Å². The Morgan fingerprint density at radius 3 is 2.94 bits per heavy atom. The summed E-state index contributed by atoms with van der Waals surface area (Å²) >= 11 is 0. The van der Waals surface area contributed by atoms with Gasteiger partial charge in [-0.3, -0.25) is 4.79 Å². The largest absolute Gasteiger partial charge is 0.426 e. The summed E-state index contributed by atoms with van der Waals surface area (Å²) in [5, 5.41) is 3.14. The number of carbonyl (C=O) groups excluding carboxylic acids is 1. The molecule has 0 bridgehead atoms. The number of hydrogen-bond acceptors (Lipinski definition) is 3. The molecule has 1 saturated heterocycles. The molecule has 1 fully saturated rings. The molecule has 1 aromatic carbocycles. The van der Waals surface area contributed by atoms with Crippen molar-refractivity contribution in [1.29, 1.82) is 0 Å². The van der Waals surface area contributed by atoms with E-state index < -0.39 is 5.82 Å². The summed E-state index contributed by atoms with van der Waals surface area (Å²) < 4.78 is 18.0. The standard InChI is InChI=1S/C12H14FNO2.ClH/c13-10-4-1-5-11(7-10)16-12(15)9-3-2-6-14-8-9;/h1,4-5,7,9,14H,2-3,6,8H2;1H. The second kappa shape index (κ2) is 6.57. The molecule has 1 unspecified atom stereocenters. The van der Waals surface area contributed by atoms with Gasteiger partial charge in [0.1, 0.15) is 11.6 Å². The van der Waals surface area contributed by atoms with Crippen molar-refractivity contribution < 1.29 is 13.9 Å². The first-order valence-electron chi connectivity index (χ1n) is 5.44. The molecule has 1 atom stereocenters. The number of nitrogens with one attached hydrogen (secondary N) is 1. The fourth-order valence-corrected chi connectivity index (χ4v) is 1.78. The monoisotopic (exact) mass is 259 g/mol. The normalized spacial score (nSPS) is 19.2. The van der Waals surface area contributed by atoms with Crippen LogP contribution >= 0.6 is 12.4 Å². The molecule has 0 radical (unpaired) electrons. The molecule has 17 heavy (non-hydrogen) atoms. The van der Waals surface area contributed by atoms with E-state index in [1.54, 1.807) is 6.07 Å². The van der Waals surface area contributed by atoms with E-state index in [1.807, 2.05) is 0 Å². The van der Waals surface area contributed by atoms with Crippen LogP contribution in [0.2, 0.25) is 0 Å². The highest BCUT2D eigenvalue weighted by Gasteiger charge is 2.22. The zero-order chi connectivity index (χ0) is 11.4. The average Bonchev–Trinajstić information content (AvgIpc) is 2.30. The molecule has 0 aliphatic carbocycles. The lowest BCUT2D eigenvalue weighted by Crippen LogP contribution is -2.36. The molecule has 5 heteroatoms. The Bertz CT molecular complexity index is 381. The summed E-state index contributed by atoms with van der Waals surface area (Å²) in [6.07, 6.45) is 1.81. The Morgan fingerprint density at radius 2 is 2.29 bits per heavy atom. The molecule has 0 spiro atoms. The summed E-state index contributed by atoms with van der Waals surface area (Å²) in [6, 6.07) is 5.64. The number of hydrogen-bond donors (Lipinski definition) is 1. The van der Waals surface area contributed by atoms with Crippen LogP contribution in [0, 0.1) is 11.7 Å². The van der Waals surface area contributed by atoms with Crippen LogP contribution in [0.25, 0.3) is 0 Å². The summed E-state index contributed by atoms with van der Waals surface area (Å²) in [6.45, 7) is 1.60. The molecule has 2 rings (SSSR count). The van der Waals surface area contributed by atoms with Gasteiger partial charge in [-0.2, -0.15) is 0 Å². The van der Waals surface area contributed by atoms with Gasteiger partial charge in [0.25, 0.3) is 0 Å². The number of esters is 1. The van der Waals surface area contributed by atoms with Crippen LogP contribution in [0.15, 0.2) is 24.3 Å². The number of rotatable bonds is 2. The first-order valence-corrected chi connectivity index (χ1v) is 5.44. The van der Waals surface area contributed by atoms with Crippen molar-refractivity contribution >= 4 is 18.4 Å². The van der Waals surface area contributed by atoms with Gasteiger partial charge in [0.2, 0.25) is 0 Å². The van der Waals surface area contributed by atoms with Crippen molar-refractivity contribution in [3.8, 4) is 5.75 Å². The third-order valence-electron chi connectivity index (χ3n) is 2.64. The third-order valence-corrected chi connectivity index (χ3v) is 2.64. The second-order valence-electron chi connectivity index (χ2n) is 3.92. The van der Waals surface area contributed by atoms with Crippen molar-refractivity contribution in [1.82, 2.24) is 5.32 Å². The van der Waals surface area contributed by atoms with Crippen LogP contribution < -0.4 is 10.1 Å². The molecule has 1 aliphatic heterocycles. The fourth-order valence-electron chi connectivity index (χ4n) is 1.78. The maximum Gasteiger partial charge on any atom is 0.315 e. The first kappa shape index (κ1) is 13.9. The van der Waals surface area contributed by atoms with Gasteiger partial charge in [0.05, 0.1) is 5.92 Å². The predicted molar refractivity (Wildman–Crippen MR) is 64.9 cm³/mol. The lowest BCUT2D eigenvalue weighted by Gasteiger charge is -2.20. The Kier molecular flexibility index (Phi) is 5.38. The highest BCUT2D eigenvalue weighted by molar-refractivity contribution is 5.85. The van der Waals surface area contributed by atoms with Gasteiger partial charge in [0.15, 0.2) is 0 Å². The van der Waals surface area contributed by atoms with E-state index in [9.17, 15) is 9.18 Å². The minimum atomic E-state index is -0.396. The zero-order valence-corrected chi connectivity index (χ0v) is 10.1. The van der Waals surface area contributed by atoms with Crippen LogP contribution in [0.5, 0.6) is 5.75 Å². The van der Waals surface area contributed by atoms with Crippen molar-refractivity contribution in [3.05, 3.63) is 30.1 Å². The van der Waals surface area contributed by atoms with Crippen LogP contribution in [0.3, 0.4) is 0 Å². The molecule has 0 amide bonds. The summed E-state index contributed by atoms with van der Waals surface area (Å²) in [4.78, 5) is 11.7. The summed E-state index contributed by atoms with van der Waals surface area (Å²) in [5.41, 5.74) is 0. The van der Waals surface area contributed by atoms with Crippen molar-refractivity contribution in [2.45, 2.75) is 12.8 Å². The smallest absolute Gasteiger partial charge is 0.315 e. The van der Waals surface area contributed by atoms with Gasteiger partial charge in [-0.1, -0.05) is 6.07 Å². The number of piperidine rings is 1. The Balaban J connectivity index is 0.00000144. The molecule has 1 heterocycles. The lowest BCUT2D eigenvalue weighted by molar-refractivity contribution is -0.139. The second-order valence-corrected chi connectivity index (χ2v) is 3.92. The van der Waals surface area contributed by atoms with E-state index in [4.69, 9.17) is 4.74 Å². The van der Waals surface area contributed by atoms with Gasteiger partial charge in [0, 0.05) is 12.6 Å². The average molecular weight is 260 g/mol. The molecule has 3 nitrogen and oxygen atoms in total. The highest BCUT2D eigenvalue weighted by Crippen LogP contribution is 2.17. The predicted octanol–water partition coefficient (Wildman–Crippen LogP) is 2.15. The summed E-state index contributed by atoms with van der Waals surface area (Å²) in [5.74, 6) is -0.516.